The summed E-state index contributed by atoms with van der Waals surface area (Å²) >= 11 is 5.83. The third-order valence-electron chi connectivity index (χ3n) is 4.73. The number of rotatable bonds is 3. The Hall–Kier alpha value is -2.31. The van der Waals surface area contributed by atoms with Crippen molar-refractivity contribution in [3.8, 4) is 17.2 Å². The minimum absolute atomic E-state index is 0.813. The first-order chi connectivity index (χ1) is 13.7. The molecule has 136 valence electrons. The number of aromatic nitrogens is 1. The average molecular weight is 540 g/mol. The first kappa shape index (κ1) is 17.8. The highest BCUT2D eigenvalue weighted by Gasteiger charge is 2.12. The van der Waals surface area contributed by atoms with E-state index in [4.69, 9.17) is 4.74 Å². The van der Waals surface area contributed by atoms with E-state index in [1.165, 1.54) is 21.8 Å². The zero-order valence-electron chi connectivity index (χ0n) is 14.8. The Morgan fingerprint density at radius 1 is 0.679 bits per heavy atom. The molecule has 1 aromatic heterocycles. The van der Waals surface area contributed by atoms with E-state index in [-0.39, 0.29) is 0 Å². The second kappa shape index (κ2) is 7.26. The third-order valence-corrected chi connectivity index (χ3v) is 5.81. The van der Waals surface area contributed by atoms with E-state index in [0.29, 0.717) is 0 Å². The van der Waals surface area contributed by atoms with Gasteiger partial charge in [0, 0.05) is 30.6 Å². The van der Waals surface area contributed by atoms with E-state index in [2.05, 4.69) is 110 Å². The van der Waals surface area contributed by atoms with Crippen LogP contribution in [-0.4, -0.2) is 4.57 Å². The minimum Gasteiger partial charge on any atom is -0.457 e. The molecule has 2 nitrogen and oxygen atoms in total. The van der Waals surface area contributed by atoms with Crippen LogP contribution in [0.5, 0.6) is 11.5 Å². The lowest BCUT2D eigenvalue weighted by molar-refractivity contribution is 0.482. The van der Waals surface area contributed by atoms with Gasteiger partial charge in [0.15, 0.2) is 0 Å². The molecule has 0 radical (unpaired) electrons. The van der Waals surface area contributed by atoms with Crippen LogP contribution in [0.15, 0.2) is 95.5 Å². The van der Waals surface area contributed by atoms with Crippen LogP contribution in [-0.2, 0) is 0 Å². The second-order valence-electron chi connectivity index (χ2n) is 6.57. The Morgan fingerprint density at radius 2 is 1.36 bits per heavy atom. The van der Waals surface area contributed by atoms with Crippen LogP contribution in [0.4, 0.5) is 0 Å². The average Bonchev–Trinajstić information content (AvgIpc) is 3.02. The van der Waals surface area contributed by atoms with Crippen molar-refractivity contribution in [3.05, 3.63) is 99.0 Å². The van der Waals surface area contributed by atoms with Crippen molar-refractivity contribution in [2.24, 2.45) is 0 Å². The highest BCUT2D eigenvalue weighted by Crippen LogP contribution is 2.34. The molecule has 5 rings (SSSR count). The van der Waals surface area contributed by atoms with E-state index in [1.54, 1.807) is 0 Å². The van der Waals surface area contributed by atoms with Crippen LogP contribution in [0.2, 0.25) is 0 Å². The van der Waals surface area contributed by atoms with Gasteiger partial charge in [-0.2, -0.15) is 0 Å². The molecule has 0 N–H and O–H groups in total. The zero-order valence-corrected chi connectivity index (χ0v) is 18.5. The van der Waals surface area contributed by atoms with E-state index in [9.17, 15) is 0 Å². The van der Waals surface area contributed by atoms with Crippen molar-refractivity contribution < 1.29 is 4.74 Å². The van der Waals surface area contributed by atoms with E-state index in [1.807, 2.05) is 24.3 Å². The van der Waals surface area contributed by atoms with Crippen molar-refractivity contribution in [2.75, 3.05) is 0 Å². The summed E-state index contributed by atoms with van der Waals surface area (Å²) in [7, 11) is 0. The number of ether oxygens (including phenoxy) is 1. The van der Waals surface area contributed by atoms with Crippen LogP contribution < -0.4 is 4.74 Å². The molecule has 0 saturated carbocycles. The van der Waals surface area contributed by atoms with Crippen molar-refractivity contribution >= 4 is 60.3 Å². The highest BCUT2D eigenvalue weighted by atomic mass is 127. The molecule has 28 heavy (non-hydrogen) atoms. The SMILES string of the molecule is Brc1cc(I)cc(Oc2cccc(-n3c4ccccc4c4ccccc43)c2)c1. The Balaban J connectivity index is 1.65. The topological polar surface area (TPSA) is 14.2 Å². The van der Waals surface area contributed by atoms with E-state index >= 15 is 0 Å². The van der Waals surface area contributed by atoms with Crippen molar-refractivity contribution in [3.63, 3.8) is 0 Å². The lowest BCUT2D eigenvalue weighted by Crippen LogP contribution is -1.94. The maximum atomic E-state index is 6.15. The fraction of sp³-hybridized carbons (Fsp3) is 0. The summed E-state index contributed by atoms with van der Waals surface area (Å²) in [4.78, 5) is 0. The molecule has 0 aliphatic rings. The summed E-state index contributed by atoms with van der Waals surface area (Å²) < 4.78 is 10.6. The molecule has 0 saturated heterocycles. The fourth-order valence-electron chi connectivity index (χ4n) is 3.61. The second-order valence-corrected chi connectivity index (χ2v) is 8.74. The van der Waals surface area contributed by atoms with Crippen LogP contribution in [0, 0.1) is 3.57 Å². The summed E-state index contributed by atoms with van der Waals surface area (Å²) in [6, 6.07) is 31.3. The summed E-state index contributed by atoms with van der Waals surface area (Å²) in [5, 5.41) is 2.51. The number of nitrogens with zero attached hydrogens (tertiary/aromatic N) is 1. The molecule has 0 amide bonds. The van der Waals surface area contributed by atoms with Gasteiger partial charge in [0.05, 0.1) is 11.0 Å². The molecule has 1 heterocycles. The van der Waals surface area contributed by atoms with Crippen LogP contribution in [0.1, 0.15) is 0 Å². The maximum absolute atomic E-state index is 6.15. The first-order valence-electron chi connectivity index (χ1n) is 8.92. The number of halogens is 2. The van der Waals surface area contributed by atoms with Crippen molar-refractivity contribution in [2.45, 2.75) is 0 Å². The number of fused-ring (bicyclic) bond motifs is 3. The van der Waals surface area contributed by atoms with Gasteiger partial charge in [0.2, 0.25) is 0 Å². The van der Waals surface area contributed by atoms with Crippen LogP contribution in [0.25, 0.3) is 27.5 Å². The number of hydrogen-bond acceptors (Lipinski definition) is 1. The molecule has 0 bridgehead atoms. The first-order valence-corrected chi connectivity index (χ1v) is 10.8. The molecule has 0 spiro atoms. The van der Waals surface area contributed by atoms with Crippen LogP contribution >= 0.6 is 38.5 Å². The van der Waals surface area contributed by atoms with Gasteiger partial charge >= 0.3 is 0 Å². The molecular weight excluding hydrogens is 525 g/mol. The normalized spacial score (nSPS) is 11.2. The number of hydrogen-bond donors (Lipinski definition) is 0. The Kier molecular flexibility index (Phi) is 4.61. The lowest BCUT2D eigenvalue weighted by atomic mass is 10.2. The van der Waals surface area contributed by atoms with Gasteiger partial charge in [-0.05, 0) is 65.1 Å². The van der Waals surface area contributed by atoms with Gasteiger partial charge in [-0.1, -0.05) is 58.4 Å². The van der Waals surface area contributed by atoms with Gasteiger partial charge < -0.3 is 9.30 Å². The molecule has 0 unspecified atom stereocenters. The number of para-hydroxylation sites is 2. The quantitative estimate of drug-likeness (QED) is 0.212. The van der Waals surface area contributed by atoms with Crippen molar-refractivity contribution in [1.29, 1.82) is 0 Å². The lowest BCUT2D eigenvalue weighted by Gasteiger charge is -2.11. The fourth-order valence-corrected chi connectivity index (χ4v) is 5.15. The Labute approximate surface area is 185 Å². The molecule has 0 aliphatic heterocycles. The number of benzene rings is 4. The zero-order chi connectivity index (χ0) is 19.1. The molecule has 0 aliphatic carbocycles. The monoisotopic (exact) mass is 539 g/mol. The van der Waals surface area contributed by atoms with Gasteiger partial charge in [0.1, 0.15) is 11.5 Å². The van der Waals surface area contributed by atoms with Crippen molar-refractivity contribution in [1.82, 2.24) is 4.57 Å². The predicted molar refractivity (Wildman–Crippen MR) is 128 cm³/mol. The maximum Gasteiger partial charge on any atom is 0.129 e. The van der Waals surface area contributed by atoms with Crippen LogP contribution in [0.3, 0.4) is 0 Å². The van der Waals surface area contributed by atoms with Gasteiger partial charge in [-0.25, -0.2) is 0 Å². The van der Waals surface area contributed by atoms with Gasteiger partial charge in [0.25, 0.3) is 0 Å². The summed E-state index contributed by atoms with van der Waals surface area (Å²) in [6.45, 7) is 0. The molecule has 5 aromatic rings. The largest absolute Gasteiger partial charge is 0.457 e. The van der Waals surface area contributed by atoms with E-state index in [0.717, 1.165) is 25.2 Å². The predicted octanol–water partition coefficient (Wildman–Crippen LogP) is 7.94. The Morgan fingerprint density at radius 3 is 2.04 bits per heavy atom. The molecular formula is C24H15BrINO. The van der Waals surface area contributed by atoms with Gasteiger partial charge in [-0.3, -0.25) is 0 Å². The standard InChI is InChI=1S/C24H15BrINO/c25-16-12-17(26)14-20(13-16)28-19-7-5-6-18(15-19)27-23-10-3-1-8-21(23)22-9-2-4-11-24(22)27/h1-15H. The molecule has 4 aromatic carbocycles. The molecule has 0 fully saturated rings. The summed E-state index contributed by atoms with van der Waals surface area (Å²) in [5.74, 6) is 1.63. The molecule has 4 heteroatoms. The summed E-state index contributed by atoms with van der Waals surface area (Å²) in [6.07, 6.45) is 0. The minimum atomic E-state index is 0.813. The summed E-state index contributed by atoms with van der Waals surface area (Å²) in [5.41, 5.74) is 3.47. The van der Waals surface area contributed by atoms with E-state index < -0.39 is 0 Å². The smallest absolute Gasteiger partial charge is 0.129 e. The molecule has 0 atom stereocenters. The Bertz CT molecular complexity index is 1250. The third kappa shape index (κ3) is 3.20. The highest BCUT2D eigenvalue weighted by molar-refractivity contribution is 14.1. The van der Waals surface area contributed by atoms with Gasteiger partial charge in [-0.15, -0.1) is 0 Å².